The van der Waals surface area contributed by atoms with Crippen LogP contribution in [-0.2, 0) is 9.59 Å². The average Bonchev–Trinajstić information content (AvgIpc) is 2.97. The molecule has 0 aromatic heterocycles. The van der Waals surface area contributed by atoms with Gasteiger partial charge in [-0.1, -0.05) is 12.8 Å². The normalized spacial score (nSPS) is 16.5. The largest absolute Gasteiger partial charge is 0.478 e. The Hall–Kier alpha value is -1.85. The molecule has 1 atom stereocenters. The first-order valence-corrected chi connectivity index (χ1v) is 5.50. The van der Waals surface area contributed by atoms with Gasteiger partial charge in [0.25, 0.3) is 5.91 Å². The lowest BCUT2D eigenvalue weighted by Gasteiger charge is -2.12. The molecule has 1 fully saturated rings. The zero-order valence-electron chi connectivity index (χ0n) is 9.60. The quantitative estimate of drug-likeness (QED) is 0.614. The Balaban J connectivity index is 2.22. The Morgan fingerprint density at radius 1 is 1.35 bits per heavy atom. The maximum atomic E-state index is 11.3. The number of rotatable bonds is 5. The van der Waals surface area contributed by atoms with Crippen LogP contribution < -0.4 is 10.6 Å². The van der Waals surface area contributed by atoms with Gasteiger partial charge < -0.3 is 10.4 Å². The number of amides is 3. The average molecular weight is 240 g/mol. The first-order chi connectivity index (χ1) is 7.97. The van der Waals surface area contributed by atoms with E-state index in [0.29, 0.717) is 12.0 Å². The zero-order valence-corrected chi connectivity index (χ0v) is 9.60. The third kappa shape index (κ3) is 6.34. The van der Waals surface area contributed by atoms with Crippen molar-refractivity contribution in [1.82, 2.24) is 10.6 Å². The smallest absolute Gasteiger partial charge is 0.328 e. The van der Waals surface area contributed by atoms with Crippen molar-refractivity contribution in [2.24, 2.45) is 5.92 Å². The maximum absolute atomic E-state index is 11.3. The van der Waals surface area contributed by atoms with Gasteiger partial charge in [-0.3, -0.25) is 10.1 Å². The lowest BCUT2D eigenvalue weighted by Crippen LogP contribution is -2.43. The number of nitrogens with one attached hydrogen (secondary N) is 2. The molecule has 0 heterocycles. The fraction of sp³-hybridized carbons (Fsp3) is 0.545. The highest BCUT2D eigenvalue weighted by molar-refractivity contribution is 6.02. The summed E-state index contributed by atoms with van der Waals surface area (Å²) in [7, 11) is 0. The first kappa shape index (κ1) is 13.2. The summed E-state index contributed by atoms with van der Waals surface area (Å²) >= 11 is 0. The third-order valence-electron chi connectivity index (χ3n) is 2.38. The summed E-state index contributed by atoms with van der Waals surface area (Å²) in [6, 6.07) is -0.586. The van der Waals surface area contributed by atoms with Gasteiger partial charge in [0.1, 0.15) is 0 Å². The standard InChI is InChI=1S/C11H16N2O4/c1-7(6-8-2-3-8)12-11(17)13-9(14)4-5-10(15)16/h4-5,7-8H,2-3,6H2,1H3,(H,15,16)(H2,12,13,14,17). The number of carboxylic acid groups (broad SMARTS) is 1. The molecule has 6 nitrogen and oxygen atoms in total. The second kappa shape index (κ2) is 6.03. The van der Waals surface area contributed by atoms with Crippen molar-refractivity contribution in [3.8, 4) is 0 Å². The molecular formula is C11H16N2O4. The van der Waals surface area contributed by atoms with Gasteiger partial charge in [0, 0.05) is 18.2 Å². The molecule has 3 amide bonds. The molecule has 1 aliphatic rings. The van der Waals surface area contributed by atoms with E-state index in [1.807, 2.05) is 12.2 Å². The lowest BCUT2D eigenvalue weighted by molar-refractivity contribution is -0.131. The summed E-state index contributed by atoms with van der Waals surface area (Å²) in [4.78, 5) is 32.5. The number of carbonyl (C=O) groups excluding carboxylic acids is 2. The van der Waals surface area contributed by atoms with Crippen LogP contribution in [0, 0.1) is 5.92 Å². The van der Waals surface area contributed by atoms with E-state index >= 15 is 0 Å². The van der Waals surface area contributed by atoms with Crippen LogP contribution in [0.5, 0.6) is 0 Å². The molecule has 0 spiro atoms. The van der Waals surface area contributed by atoms with Crippen LogP contribution in [0.4, 0.5) is 4.79 Å². The molecule has 0 aliphatic heterocycles. The van der Waals surface area contributed by atoms with Crippen LogP contribution in [0.3, 0.4) is 0 Å². The van der Waals surface area contributed by atoms with E-state index in [-0.39, 0.29) is 6.04 Å². The highest BCUT2D eigenvalue weighted by Gasteiger charge is 2.24. The maximum Gasteiger partial charge on any atom is 0.328 e. The second-order valence-corrected chi connectivity index (χ2v) is 4.21. The molecule has 1 rings (SSSR count). The molecule has 6 heteroatoms. The fourth-order valence-electron chi connectivity index (χ4n) is 1.47. The van der Waals surface area contributed by atoms with Crippen molar-refractivity contribution < 1.29 is 19.5 Å². The minimum absolute atomic E-state index is 0.0127. The molecule has 17 heavy (non-hydrogen) atoms. The van der Waals surface area contributed by atoms with E-state index in [2.05, 4.69) is 5.32 Å². The van der Waals surface area contributed by atoms with E-state index in [4.69, 9.17) is 5.11 Å². The van der Waals surface area contributed by atoms with Crippen molar-refractivity contribution in [3.63, 3.8) is 0 Å². The molecule has 0 saturated heterocycles. The molecule has 0 bridgehead atoms. The van der Waals surface area contributed by atoms with Crippen LogP contribution in [0.15, 0.2) is 12.2 Å². The predicted molar refractivity (Wildman–Crippen MR) is 60.3 cm³/mol. The predicted octanol–water partition coefficient (Wildman–Crippen LogP) is 0.642. The summed E-state index contributed by atoms with van der Waals surface area (Å²) in [6.07, 6.45) is 4.79. The van der Waals surface area contributed by atoms with E-state index in [1.165, 1.54) is 12.8 Å². The van der Waals surface area contributed by atoms with E-state index in [0.717, 1.165) is 12.5 Å². The van der Waals surface area contributed by atoms with Crippen LogP contribution in [0.1, 0.15) is 26.2 Å². The van der Waals surface area contributed by atoms with Gasteiger partial charge in [-0.05, 0) is 19.3 Å². The molecule has 94 valence electrons. The monoisotopic (exact) mass is 240 g/mol. The van der Waals surface area contributed by atoms with E-state index < -0.39 is 17.9 Å². The Labute approximate surface area is 99.1 Å². The number of urea groups is 1. The first-order valence-electron chi connectivity index (χ1n) is 5.50. The molecule has 0 aromatic carbocycles. The summed E-state index contributed by atoms with van der Waals surface area (Å²) in [6.45, 7) is 1.87. The van der Waals surface area contributed by atoms with Gasteiger partial charge in [-0.15, -0.1) is 0 Å². The highest BCUT2D eigenvalue weighted by Crippen LogP contribution is 2.33. The minimum Gasteiger partial charge on any atom is -0.478 e. The van der Waals surface area contributed by atoms with Crippen LogP contribution >= 0.6 is 0 Å². The molecule has 0 aromatic rings. The van der Waals surface area contributed by atoms with Gasteiger partial charge in [0.15, 0.2) is 0 Å². The molecular weight excluding hydrogens is 224 g/mol. The number of aliphatic carboxylic acids is 1. The van der Waals surface area contributed by atoms with Crippen molar-refractivity contribution >= 4 is 17.9 Å². The third-order valence-corrected chi connectivity index (χ3v) is 2.38. The van der Waals surface area contributed by atoms with E-state index in [9.17, 15) is 14.4 Å². The van der Waals surface area contributed by atoms with Crippen molar-refractivity contribution in [2.45, 2.75) is 32.2 Å². The van der Waals surface area contributed by atoms with Crippen molar-refractivity contribution in [3.05, 3.63) is 12.2 Å². The lowest BCUT2D eigenvalue weighted by atomic mass is 10.2. The Morgan fingerprint density at radius 3 is 2.53 bits per heavy atom. The Morgan fingerprint density at radius 2 is 2.00 bits per heavy atom. The van der Waals surface area contributed by atoms with Crippen LogP contribution in [0.2, 0.25) is 0 Å². The summed E-state index contributed by atoms with van der Waals surface area (Å²) in [5.74, 6) is -1.29. The number of carboxylic acids is 1. The zero-order chi connectivity index (χ0) is 12.8. The van der Waals surface area contributed by atoms with Crippen molar-refractivity contribution in [2.75, 3.05) is 0 Å². The Kier molecular flexibility index (Phi) is 4.68. The Bertz CT molecular complexity index is 347. The molecule has 1 aliphatic carbocycles. The topological polar surface area (TPSA) is 95.5 Å². The second-order valence-electron chi connectivity index (χ2n) is 4.21. The number of carbonyl (C=O) groups is 3. The van der Waals surface area contributed by atoms with Crippen molar-refractivity contribution in [1.29, 1.82) is 0 Å². The number of imide groups is 1. The minimum atomic E-state index is -1.23. The SMILES string of the molecule is CC(CC1CC1)NC(=O)NC(=O)C=CC(=O)O. The highest BCUT2D eigenvalue weighted by atomic mass is 16.4. The molecule has 1 saturated carbocycles. The fourth-order valence-corrected chi connectivity index (χ4v) is 1.47. The molecule has 0 radical (unpaired) electrons. The summed E-state index contributed by atoms with van der Waals surface area (Å²) in [5.41, 5.74) is 0. The van der Waals surface area contributed by atoms with Gasteiger partial charge in [-0.25, -0.2) is 9.59 Å². The van der Waals surface area contributed by atoms with Gasteiger partial charge in [0.05, 0.1) is 0 Å². The van der Waals surface area contributed by atoms with Gasteiger partial charge in [0.2, 0.25) is 0 Å². The number of hydrogen-bond acceptors (Lipinski definition) is 3. The van der Waals surface area contributed by atoms with Gasteiger partial charge >= 0.3 is 12.0 Å². The molecule has 1 unspecified atom stereocenters. The molecule has 3 N–H and O–H groups in total. The van der Waals surface area contributed by atoms with E-state index in [1.54, 1.807) is 0 Å². The number of hydrogen-bond donors (Lipinski definition) is 3. The van der Waals surface area contributed by atoms with Crippen LogP contribution in [-0.4, -0.2) is 29.1 Å². The van der Waals surface area contributed by atoms with Gasteiger partial charge in [-0.2, -0.15) is 0 Å². The summed E-state index contributed by atoms with van der Waals surface area (Å²) in [5, 5.41) is 12.9. The van der Waals surface area contributed by atoms with Crippen LogP contribution in [0.25, 0.3) is 0 Å². The summed E-state index contributed by atoms with van der Waals surface area (Å²) < 4.78 is 0.